The third-order valence-corrected chi connectivity index (χ3v) is 4.91. The second-order valence-corrected chi connectivity index (χ2v) is 6.19. The minimum Gasteiger partial charge on any atom is -0.465 e. The van der Waals surface area contributed by atoms with Crippen molar-refractivity contribution in [1.82, 2.24) is 4.98 Å². The van der Waals surface area contributed by atoms with E-state index < -0.39 is 0 Å². The molecule has 1 unspecified atom stereocenters. The summed E-state index contributed by atoms with van der Waals surface area (Å²) < 4.78 is 7.14. The number of hydrogen-bond donors (Lipinski definition) is 0. The second kappa shape index (κ2) is 6.20. The molecule has 0 spiro atoms. The van der Waals surface area contributed by atoms with Crippen LogP contribution in [0.4, 0.5) is 0 Å². The molecule has 1 heterocycles. The monoisotopic (exact) mass is 281 g/mol. The molecule has 0 bridgehead atoms. The van der Waals surface area contributed by atoms with Gasteiger partial charge in [-0.1, -0.05) is 30.8 Å². The lowest BCUT2D eigenvalue weighted by molar-refractivity contribution is -0.142. The lowest BCUT2D eigenvalue weighted by atomic mass is 10.3. The van der Waals surface area contributed by atoms with Crippen LogP contribution in [0.2, 0.25) is 0 Å². The maximum absolute atomic E-state index is 11.7. The third-order valence-electron chi connectivity index (χ3n) is 2.44. The Balaban J connectivity index is 2.13. The van der Waals surface area contributed by atoms with Crippen molar-refractivity contribution >= 4 is 39.3 Å². The fourth-order valence-corrected chi connectivity index (χ4v) is 3.79. The van der Waals surface area contributed by atoms with E-state index in [1.165, 1.54) is 11.8 Å². The van der Waals surface area contributed by atoms with Gasteiger partial charge in [0.2, 0.25) is 0 Å². The quantitative estimate of drug-likeness (QED) is 0.618. The average molecular weight is 281 g/mol. The van der Waals surface area contributed by atoms with Crippen LogP contribution in [0.5, 0.6) is 0 Å². The summed E-state index contributed by atoms with van der Waals surface area (Å²) in [4.78, 5) is 16.2. The normalized spacial score (nSPS) is 12.6. The minimum atomic E-state index is -0.162. The molecule has 5 heteroatoms. The van der Waals surface area contributed by atoms with Crippen molar-refractivity contribution in [1.29, 1.82) is 0 Å². The maximum atomic E-state index is 11.7. The van der Waals surface area contributed by atoms with E-state index in [0.29, 0.717) is 6.61 Å². The van der Waals surface area contributed by atoms with Crippen molar-refractivity contribution in [3.8, 4) is 0 Å². The highest BCUT2D eigenvalue weighted by atomic mass is 32.2. The Labute approximate surface area is 115 Å². The number of thiazole rings is 1. The summed E-state index contributed by atoms with van der Waals surface area (Å²) in [6.07, 6.45) is 0.749. The SMILES string of the molecule is CCOC(=O)C(CC)Sc1nc2ccccc2s1. The molecule has 0 aliphatic heterocycles. The van der Waals surface area contributed by atoms with Gasteiger partial charge in [0.15, 0.2) is 4.34 Å². The number of hydrogen-bond acceptors (Lipinski definition) is 5. The van der Waals surface area contributed by atoms with Crippen LogP contribution >= 0.6 is 23.1 Å². The highest BCUT2D eigenvalue weighted by Crippen LogP contribution is 2.33. The smallest absolute Gasteiger partial charge is 0.319 e. The summed E-state index contributed by atoms with van der Waals surface area (Å²) in [5.41, 5.74) is 0.990. The number of para-hydroxylation sites is 1. The molecular formula is C13H15NO2S2. The maximum Gasteiger partial charge on any atom is 0.319 e. The topological polar surface area (TPSA) is 39.2 Å². The lowest BCUT2D eigenvalue weighted by Crippen LogP contribution is -2.19. The van der Waals surface area contributed by atoms with Gasteiger partial charge in [-0.05, 0) is 25.5 Å². The van der Waals surface area contributed by atoms with E-state index >= 15 is 0 Å². The number of rotatable bonds is 5. The molecule has 0 radical (unpaired) electrons. The zero-order valence-corrected chi connectivity index (χ0v) is 12.0. The number of nitrogens with zero attached hydrogens (tertiary/aromatic N) is 1. The van der Waals surface area contributed by atoms with Gasteiger partial charge >= 0.3 is 5.97 Å². The Morgan fingerprint density at radius 2 is 2.22 bits per heavy atom. The molecule has 96 valence electrons. The summed E-state index contributed by atoms with van der Waals surface area (Å²) in [5, 5.41) is -0.162. The van der Waals surface area contributed by atoms with E-state index in [2.05, 4.69) is 4.98 Å². The molecule has 0 fully saturated rings. The summed E-state index contributed by atoms with van der Waals surface area (Å²) in [6, 6.07) is 8.00. The van der Waals surface area contributed by atoms with E-state index in [4.69, 9.17) is 4.74 Å². The molecule has 0 aliphatic carbocycles. The highest BCUT2D eigenvalue weighted by molar-refractivity contribution is 8.02. The van der Waals surface area contributed by atoms with E-state index in [1.54, 1.807) is 11.3 Å². The molecule has 0 saturated heterocycles. The summed E-state index contributed by atoms with van der Waals surface area (Å²) in [5.74, 6) is -0.149. The Kier molecular flexibility index (Phi) is 4.60. The van der Waals surface area contributed by atoms with Gasteiger partial charge in [0.05, 0.1) is 16.8 Å². The number of aromatic nitrogens is 1. The van der Waals surface area contributed by atoms with E-state index in [1.807, 2.05) is 38.1 Å². The molecule has 1 aromatic carbocycles. The molecule has 0 saturated carbocycles. The van der Waals surface area contributed by atoms with Crippen LogP contribution in [0.25, 0.3) is 10.2 Å². The molecule has 0 aliphatic rings. The number of ether oxygens (including phenoxy) is 1. The van der Waals surface area contributed by atoms with Gasteiger partial charge < -0.3 is 4.74 Å². The van der Waals surface area contributed by atoms with Crippen molar-refractivity contribution < 1.29 is 9.53 Å². The number of fused-ring (bicyclic) bond motifs is 1. The fraction of sp³-hybridized carbons (Fsp3) is 0.385. The standard InChI is InChI=1S/C13H15NO2S2/c1-3-10(12(15)16-4-2)17-13-14-9-7-5-6-8-11(9)18-13/h5-8,10H,3-4H2,1-2H3. The number of esters is 1. The zero-order chi connectivity index (χ0) is 13.0. The fourth-order valence-electron chi connectivity index (χ4n) is 1.56. The molecule has 2 rings (SSSR count). The zero-order valence-electron chi connectivity index (χ0n) is 10.4. The first-order chi connectivity index (χ1) is 8.74. The summed E-state index contributed by atoms with van der Waals surface area (Å²) in [7, 11) is 0. The van der Waals surface area contributed by atoms with Crippen LogP contribution in [-0.2, 0) is 9.53 Å². The van der Waals surface area contributed by atoms with Crippen LogP contribution in [0.1, 0.15) is 20.3 Å². The largest absolute Gasteiger partial charge is 0.465 e. The minimum absolute atomic E-state index is 0.149. The lowest BCUT2D eigenvalue weighted by Gasteiger charge is -2.10. The van der Waals surface area contributed by atoms with Crippen molar-refractivity contribution in [3.05, 3.63) is 24.3 Å². The van der Waals surface area contributed by atoms with E-state index in [0.717, 1.165) is 21.0 Å². The van der Waals surface area contributed by atoms with Gasteiger partial charge in [0.25, 0.3) is 0 Å². The summed E-state index contributed by atoms with van der Waals surface area (Å²) in [6.45, 7) is 4.24. The molecule has 0 N–H and O–H groups in total. The van der Waals surface area contributed by atoms with Gasteiger partial charge in [0.1, 0.15) is 5.25 Å². The average Bonchev–Trinajstić information content (AvgIpc) is 2.78. The number of benzene rings is 1. The predicted molar refractivity (Wildman–Crippen MR) is 76.2 cm³/mol. The Bertz CT molecular complexity index is 506. The predicted octanol–water partition coefficient (Wildman–Crippen LogP) is 3.73. The van der Waals surface area contributed by atoms with Gasteiger partial charge in [0, 0.05) is 0 Å². The molecule has 2 aromatic rings. The second-order valence-electron chi connectivity index (χ2n) is 3.71. The van der Waals surface area contributed by atoms with Crippen LogP contribution in [-0.4, -0.2) is 22.8 Å². The van der Waals surface area contributed by atoms with E-state index in [-0.39, 0.29) is 11.2 Å². The van der Waals surface area contributed by atoms with Crippen LogP contribution < -0.4 is 0 Å². The van der Waals surface area contributed by atoms with Gasteiger partial charge in [-0.3, -0.25) is 4.79 Å². The Morgan fingerprint density at radius 1 is 1.44 bits per heavy atom. The number of thioether (sulfide) groups is 1. The van der Waals surface area contributed by atoms with E-state index in [9.17, 15) is 4.79 Å². The van der Waals surface area contributed by atoms with Gasteiger partial charge in [-0.25, -0.2) is 4.98 Å². The first-order valence-corrected chi connectivity index (χ1v) is 7.63. The van der Waals surface area contributed by atoms with Crippen molar-refractivity contribution in [3.63, 3.8) is 0 Å². The first kappa shape index (κ1) is 13.4. The highest BCUT2D eigenvalue weighted by Gasteiger charge is 2.20. The molecular weight excluding hydrogens is 266 g/mol. The third kappa shape index (κ3) is 3.03. The number of carbonyl (C=O) groups excluding carboxylic acids is 1. The Hall–Kier alpha value is -1.07. The van der Waals surface area contributed by atoms with Gasteiger partial charge in [-0.15, -0.1) is 11.3 Å². The van der Waals surface area contributed by atoms with Crippen molar-refractivity contribution in [2.75, 3.05) is 6.61 Å². The molecule has 18 heavy (non-hydrogen) atoms. The van der Waals surface area contributed by atoms with Crippen LogP contribution in [0.3, 0.4) is 0 Å². The van der Waals surface area contributed by atoms with Crippen molar-refractivity contribution in [2.24, 2.45) is 0 Å². The van der Waals surface area contributed by atoms with Crippen LogP contribution in [0, 0.1) is 0 Å². The molecule has 3 nitrogen and oxygen atoms in total. The molecule has 1 aromatic heterocycles. The first-order valence-electron chi connectivity index (χ1n) is 5.93. The van der Waals surface area contributed by atoms with Gasteiger partial charge in [-0.2, -0.15) is 0 Å². The summed E-state index contributed by atoms with van der Waals surface area (Å²) >= 11 is 3.12. The van der Waals surface area contributed by atoms with Crippen molar-refractivity contribution in [2.45, 2.75) is 29.9 Å². The molecule has 1 atom stereocenters. The number of carbonyl (C=O) groups is 1. The van der Waals surface area contributed by atoms with Crippen LogP contribution in [0.15, 0.2) is 28.6 Å². The Morgan fingerprint density at radius 3 is 2.89 bits per heavy atom. The molecule has 0 amide bonds.